The number of hydrogen-bond donors (Lipinski definition) is 0. The van der Waals surface area contributed by atoms with Gasteiger partial charge in [-0.15, -0.1) is 0 Å². The van der Waals surface area contributed by atoms with Crippen LogP contribution in [0.4, 0.5) is 18.9 Å². The lowest BCUT2D eigenvalue weighted by Crippen LogP contribution is -2.38. The predicted molar refractivity (Wildman–Crippen MR) is 86.5 cm³/mol. The first-order chi connectivity index (χ1) is 12.2. The second-order valence-corrected chi connectivity index (χ2v) is 5.46. The minimum Gasteiger partial charge on any atom is -0.382 e. The van der Waals surface area contributed by atoms with Gasteiger partial charge in [0.2, 0.25) is 5.91 Å². The van der Waals surface area contributed by atoms with Crippen molar-refractivity contribution in [3.8, 4) is 0 Å². The number of nitrogens with zero attached hydrogens (tertiary/aromatic N) is 2. The highest BCUT2D eigenvalue weighted by atomic mass is 19.4. The molecule has 1 rings (SSSR count). The maximum absolute atomic E-state index is 12.8. The van der Waals surface area contributed by atoms with E-state index in [1.807, 2.05) is 0 Å². The Morgan fingerprint density at radius 1 is 1.23 bits per heavy atom. The lowest BCUT2D eigenvalue weighted by atomic mass is 10.1. The SMILES string of the molecule is COCCOCCCC(=O)N(Cc1ccccc1[N+](=O)[O-])CC(F)(F)F. The Kier molecular flexibility index (Phi) is 9.00. The molecule has 146 valence electrons. The maximum Gasteiger partial charge on any atom is 0.406 e. The molecular formula is C16H21F3N2O5. The first kappa shape index (κ1) is 21.8. The molecule has 26 heavy (non-hydrogen) atoms. The Labute approximate surface area is 148 Å². The van der Waals surface area contributed by atoms with Crippen molar-refractivity contribution in [2.24, 2.45) is 0 Å². The summed E-state index contributed by atoms with van der Waals surface area (Å²) in [4.78, 5) is 23.1. The molecule has 0 spiro atoms. The van der Waals surface area contributed by atoms with E-state index in [0.29, 0.717) is 18.1 Å². The highest BCUT2D eigenvalue weighted by molar-refractivity contribution is 5.76. The summed E-state index contributed by atoms with van der Waals surface area (Å²) in [5.41, 5.74) is -0.276. The van der Waals surface area contributed by atoms with Gasteiger partial charge >= 0.3 is 6.18 Å². The van der Waals surface area contributed by atoms with E-state index in [1.54, 1.807) is 0 Å². The molecule has 0 bridgehead atoms. The zero-order valence-electron chi connectivity index (χ0n) is 14.3. The lowest BCUT2D eigenvalue weighted by Gasteiger charge is -2.24. The number of amides is 1. The lowest BCUT2D eigenvalue weighted by molar-refractivity contribution is -0.385. The molecule has 10 heteroatoms. The van der Waals surface area contributed by atoms with Crippen LogP contribution in [0.25, 0.3) is 0 Å². The number of benzene rings is 1. The van der Waals surface area contributed by atoms with E-state index in [0.717, 1.165) is 0 Å². The number of methoxy groups -OCH3 is 1. The molecule has 1 amide bonds. The van der Waals surface area contributed by atoms with Crippen LogP contribution in [-0.4, -0.2) is 55.4 Å². The topological polar surface area (TPSA) is 81.9 Å². The first-order valence-electron chi connectivity index (χ1n) is 7.88. The summed E-state index contributed by atoms with van der Waals surface area (Å²) in [5, 5.41) is 11.0. The smallest absolute Gasteiger partial charge is 0.382 e. The first-order valence-corrected chi connectivity index (χ1v) is 7.88. The van der Waals surface area contributed by atoms with Crippen LogP contribution in [0, 0.1) is 10.1 Å². The predicted octanol–water partition coefficient (Wildman–Crippen LogP) is 2.93. The summed E-state index contributed by atoms with van der Waals surface area (Å²) in [6, 6.07) is 5.41. The van der Waals surface area contributed by atoms with Gasteiger partial charge in [-0.2, -0.15) is 13.2 Å². The van der Waals surface area contributed by atoms with Gasteiger partial charge in [-0.1, -0.05) is 18.2 Å². The van der Waals surface area contributed by atoms with Crippen LogP contribution >= 0.6 is 0 Å². The quantitative estimate of drug-likeness (QED) is 0.336. The molecule has 0 radical (unpaired) electrons. The monoisotopic (exact) mass is 378 g/mol. The number of halogens is 3. The molecule has 0 heterocycles. The van der Waals surface area contributed by atoms with Crippen LogP contribution in [0.1, 0.15) is 18.4 Å². The van der Waals surface area contributed by atoms with Crippen molar-refractivity contribution < 1.29 is 32.4 Å². The van der Waals surface area contributed by atoms with Crippen molar-refractivity contribution in [2.45, 2.75) is 25.6 Å². The third kappa shape index (κ3) is 8.26. The zero-order valence-corrected chi connectivity index (χ0v) is 14.3. The summed E-state index contributed by atoms with van der Waals surface area (Å²) in [6.45, 7) is -1.04. The van der Waals surface area contributed by atoms with Crippen LogP contribution in [0.5, 0.6) is 0 Å². The fourth-order valence-corrected chi connectivity index (χ4v) is 2.20. The number of ether oxygens (including phenoxy) is 2. The van der Waals surface area contributed by atoms with Crippen LogP contribution in [0.15, 0.2) is 24.3 Å². The molecular weight excluding hydrogens is 357 g/mol. The number of nitro benzene ring substituents is 1. The Bertz CT molecular complexity index is 595. The van der Waals surface area contributed by atoms with Crippen molar-refractivity contribution in [3.63, 3.8) is 0 Å². The summed E-state index contributed by atoms with van der Waals surface area (Å²) >= 11 is 0. The molecule has 0 aromatic heterocycles. The van der Waals surface area contributed by atoms with Gasteiger partial charge in [0, 0.05) is 31.8 Å². The second-order valence-electron chi connectivity index (χ2n) is 5.46. The number of carbonyl (C=O) groups is 1. The van der Waals surface area contributed by atoms with Gasteiger partial charge in [0.1, 0.15) is 6.54 Å². The van der Waals surface area contributed by atoms with Gasteiger partial charge in [0.05, 0.1) is 24.7 Å². The number of rotatable bonds is 11. The fraction of sp³-hybridized carbons (Fsp3) is 0.562. The number of carbonyl (C=O) groups excluding carboxylic acids is 1. The third-order valence-corrected chi connectivity index (χ3v) is 3.38. The second kappa shape index (κ2) is 10.7. The Morgan fingerprint density at radius 2 is 1.92 bits per heavy atom. The van der Waals surface area contributed by atoms with Crippen LogP contribution in [0.3, 0.4) is 0 Å². The average molecular weight is 378 g/mol. The number of hydrogen-bond acceptors (Lipinski definition) is 5. The van der Waals surface area contributed by atoms with Crippen LogP contribution in [-0.2, 0) is 20.8 Å². The van der Waals surface area contributed by atoms with Gasteiger partial charge in [-0.3, -0.25) is 14.9 Å². The van der Waals surface area contributed by atoms with E-state index >= 15 is 0 Å². The summed E-state index contributed by atoms with van der Waals surface area (Å²) in [5.74, 6) is -0.740. The molecule has 1 aromatic rings. The van der Waals surface area contributed by atoms with Gasteiger partial charge < -0.3 is 14.4 Å². The van der Waals surface area contributed by atoms with Crippen molar-refractivity contribution in [3.05, 3.63) is 39.9 Å². The third-order valence-electron chi connectivity index (χ3n) is 3.38. The molecule has 7 nitrogen and oxygen atoms in total. The molecule has 0 saturated carbocycles. The Hall–Kier alpha value is -2.20. The van der Waals surface area contributed by atoms with E-state index in [9.17, 15) is 28.1 Å². The molecule has 0 aliphatic carbocycles. The molecule has 0 unspecified atom stereocenters. The number of para-hydroxylation sites is 1. The minimum atomic E-state index is -4.60. The van der Waals surface area contributed by atoms with Gasteiger partial charge in [0.15, 0.2) is 0 Å². The van der Waals surface area contributed by atoms with E-state index in [4.69, 9.17) is 9.47 Å². The van der Waals surface area contributed by atoms with Gasteiger partial charge in [-0.05, 0) is 6.42 Å². The number of nitro groups is 1. The maximum atomic E-state index is 12.8. The average Bonchev–Trinajstić information content (AvgIpc) is 2.56. The van der Waals surface area contributed by atoms with Crippen molar-refractivity contribution in [1.82, 2.24) is 4.90 Å². The van der Waals surface area contributed by atoms with Crippen molar-refractivity contribution in [1.29, 1.82) is 0 Å². The molecule has 0 atom stereocenters. The normalized spacial score (nSPS) is 11.4. The summed E-state index contributed by atoms with van der Waals surface area (Å²) in [6.07, 6.45) is -4.51. The highest BCUT2D eigenvalue weighted by Crippen LogP contribution is 2.23. The fourth-order valence-electron chi connectivity index (χ4n) is 2.20. The molecule has 0 aliphatic rings. The molecule has 0 fully saturated rings. The molecule has 1 aromatic carbocycles. The summed E-state index contributed by atoms with van der Waals surface area (Å²) in [7, 11) is 1.50. The molecule has 0 N–H and O–H groups in total. The zero-order chi connectivity index (χ0) is 19.6. The van der Waals surface area contributed by atoms with Crippen LogP contribution in [0.2, 0.25) is 0 Å². The van der Waals surface area contributed by atoms with Crippen molar-refractivity contribution >= 4 is 11.6 Å². The van der Waals surface area contributed by atoms with Crippen LogP contribution < -0.4 is 0 Å². The molecule has 0 saturated heterocycles. The minimum absolute atomic E-state index is 0.0476. The largest absolute Gasteiger partial charge is 0.406 e. The summed E-state index contributed by atoms with van der Waals surface area (Å²) < 4.78 is 48.3. The Morgan fingerprint density at radius 3 is 2.54 bits per heavy atom. The Balaban J connectivity index is 2.73. The highest BCUT2D eigenvalue weighted by Gasteiger charge is 2.33. The number of alkyl halides is 3. The van der Waals surface area contributed by atoms with Crippen molar-refractivity contribution in [2.75, 3.05) is 33.5 Å². The standard InChI is InChI=1S/C16H21F3N2O5/c1-25-9-10-26-8-4-7-15(22)20(12-16(17,18)19)11-13-5-2-3-6-14(13)21(23)24/h2-3,5-6H,4,7-12H2,1H3. The van der Waals surface area contributed by atoms with E-state index in [-0.39, 0.29) is 30.7 Å². The van der Waals surface area contributed by atoms with E-state index in [1.165, 1.54) is 31.4 Å². The van der Waals surface area contributed by atoms with Gasteiger partial charge in [0.25, 0.3) is 5.69 Å². The van der Waals surface area contributed by atoms with Gasteiger partial charge in [-0.25, -0.2) is 0 Å². The van der Waals surface area contributed by atoms with E-state index < -0.39 is 30.1 Å². The van der Waals surface area contributed by atoms with E-state index in [2.05, 4.69) is 0 Å². The molecule has 0 aliphatic heterocycles.